The quantitative estimate of drug-likeness (QED) is 0.626. The number of hydrogen-bond acceptors (Lipinski definition) is 4. The molecule has 0 aromatic rings. The molecular weight excluding hydrogens is 204 g/mol. The highest BCUT2D eigenvalue weighted by atomic mass is 16.5. The summed E-state index contributed by atoms with van der Waals surface area (Å²) < 4.78 is 5.57. The van der Waals surface area contributed by atoms with Crippen LogP contribution in [0.1, 0.15) is 39.0 Å². The number of ether oxygens (including phenoxy) is 1. The standard InChI is InChI=1S/C12H26N2O2/c1-10(6-8-15)14-12(9-13)7-4-3-5-11(12)16-2/h10-11,14-15H,3-9,13H2,1-2H3. The maximum atomic E-state index is 8.94. The average Bonchev–Trinajstić information content (AvgIpc) is 2.29. The molecule has 3 atom stereocenters. The van der Waals surface area contributed by atoms with Gasteiger partial charge >= 0.3 is 0 Å². The fraction of sp³-hybridized carbons (Fsp3) is 1.00. The topological polar surface area (TPSA) is 67.5 Å². The number of aliphatic hydroxyl groups is 1. The maximum Gasteiger partial charge on any atom is 0.0765 e. The molecule has 0 saturated heterocycles. The smallest absolute Gasteiger partial charge is 0.0765 e. The summed E-state index contributed by atoms with van der Waals surface area (Å²) in [6.07, 6.45) is 5.53. The zero-order valence-corrected chi connectivity index (χ0v) is 10.5. The van der Waals surface area contributed by atoms with E-state index >= 15 is 0 Å². The van der Waals surface area contributed by atoms with Crippen molar-refractivity contribution >= 4 is 0 Å². The molecule has 0 spiro atoms. The van der Waals surface area contributed by atoms with Crippen LogP contribution in [0.5, 0.6) is 0 Å². The predicted molar refractivity (Wildman–Crippen MR) is 65.4 cm³/mol. The Morgan fingerprint density at radius 2 is 2.31 bits per heavy atom. The van der Waals surface area contributed by atoms with Crippen LogP contribution in [-0.2, 0) is 4.74 Å². The summed E-state index contributed by atoms with van der Waals surface area (Å²) in [7, 11) is 1.76. The lowest BCUT2D eigenvalue weighted by atomic mass is 9.78. The van der Waals surface area contributed by atoms with Gasteiger partial charge in [-0.05, 0) is 26.2 Å². The van der Waals surface area contributed by atoms with Gasteiger partial charge in [-0.2, -0.15) is 0 Å². The molecular formula is C12H26N2O2. The molecule has 0 aliphatic heterocycles. The Bertz CT molecular complexity index is 201. The van der Waals surface area contributed by atoms with Gasteiger partial charge in [0.05, 0.1) is 11.6 Å². The summed E-state index contributed by atoms with van der Waals surface area (Å²) in [5.41, 5.74) is 5.85. The molecule has 1 rings (SSSR count). The minimum absolute atomic E-state index is 0.0956. The molecule has 96 valence electrons. The summed E-state index contributed by atoms with van der Waals surface area (Å²) in [5.74, 6) is 0. The third-order valence-electron chi connectivity index (χ3n) is 3.70. The number of nitrogens with two attached hydrogens (primary N) is 1. The van der Waals surface area contributed by atoms with Gasteiger partial charge in [0.1, 0.15) is 0 Å². The first-order valence-electron chi connectivity index (χ1n) is 6.30. The van der Waals surface area contributed by atoms with Crippen LogP contribution in [0, 0.1) is 0 Å². The highest BCUT2D eigenvalue weighted by Crippen LogP contribution is 2.30. The van der Waals surface area contributed by atoms with E-state index in [0.717, 1.165) is 19.3 Å². The molecule has 0 radical (unpaired) electrons. The van der Waals surface area contributed by atoms with E-state index in [9.17, 15) is 0 Å². The van der Waals surface area contributed by atoms with E-state index in [1.54, 1.807) is 7.11 Å². The SMILES string of the molecule is COC1CCCCC1(CN)NC(C)CCO. The van der Waals surface area contributed by atoms with E-state index in [4.69, 9.17) is 15.6 Å². The van der Waals surface area contributed by atoms with Gasteiger partial charge in [0.25, 0.3) is 0 Å². The molecule has 3 unspecified atom stereocenters. The summed E-state index contributed by atoms with van der Waals surface area (Å²) in [6, 6.07) is 0.282. The van der Waals surface area contributed by atoms with Crippen molar-refractivity contribution in [2.45, 2.75) is 56.7 Å². The van der Waals surface area contributed by atoms with Crippen molar-refractivity contribution in [1.82, 2.24) is 5.32 Å². The van der Waals surface area contributed by atoms with Gasteiger partial charge in [0.15, 0.2) is 0 Å². The van der Waals surface area contributed by atoms with Crippen molar-refractivity contribution in [3.63, 3.8) is 0 Å². The van der Waals surface area contributed by atoms with Crippen LogP contribution in [0.2, 0.25) is 0 Å². The Labute approximate surface area is 98.5 Å². The lowest BCUT2D eigenvalue weighted by molar-refractivity contribution is -0.0140. The van der Waals surface area contributed by atoms with E-state index in [2.05, 4.69) is 12.2 Å². The summed E-state index contributed by atoms with van der Waals surface area (Å²) >= 11 is 0. The number of methoxy groups -OCH3 is 1. The minimum Gasteiger partial charge on any atom is -0.396 e. The molecule has 4 N–H and O–H groups in total. The highest BCUT2D eigenvalue weighted by molar-refractivity contribution is 5.00. The third-order valence-corrected chi connectivity index (χ3v) is 3.70. The van der Waals surface area contributed by atoms with Crippen molar-refractivity contribution in [3.05, 3.63) is 0 Å². The van der Waals surface area contributed by atoms with Gasteiger partial charge < -0.3 is 20.9 Å². The molecule has 4 nitrogen and oxygen atoms in total. The van der Waals surface area contributed by atoms with Crippen LogP contribution < -0.4 is 11.1 Å². The fourth-order valence-corrected chi connectivity index (χ4v) is 2.76. The van der Waals surface area contributed by atoms with Gasteiger partial charge in [-0.25, -0.2) is 0 Å². The van der Waals surface area contributed by atoms with Gasteiger partial charge in [-0.3, -0.25) is 0 Å². The van der Waals surface area contributed by atoms with Crippen LogP contribution in [0.25, 0.3) is 0 Å². The molecule has 1 saturated carbocycles. The minimum atomic E-state index is -0.0956. The van der Waals surface area contributed by atoms with Crippen LogP contribution in [-0.4, -0.2) is 43.1 Å². The van der Waals surface area contributed by atoms with Crippen molar-refractivity contribution in [3.8, 4) is 0 Å². The van der Waals surface area contributed by atoms with Gasteiger partial charge in [0, 0.05) is 26.3 Å². The Balaban J connectivity index is 2.65. The normalized spacial score (nSPS) is 32.6. The Hall–Kier alpha value is -0.160. The molecule has 0 aromatic carbocycles. The molecule has 4 heteroatoms. The number of rotatable bonds is 6. The summed E-state index contributed by atoms with van der Waals surface area (Å²) in [6.45, 7) is 2.91. The molecule has 1 aliphatic carbocycles. The van der Waals surface area contributed by atoms with E-state index < -0.39 is 0 Å². The molecule has 0 heterocycles. The second-order valence-electron chi connectivity index (χ2n) is 4.89. The van der Waals surface area contributed by atoms with Crippen LogP contribution in [0.4, 0.5) is 0 Å². The van der Waals surface area contributed by atoms with Crippen LogP contribution in [0.15, 0.2) is 0 Å². The molecule has 1 aliphatic rings. The monoisotopic (exact) mass is 230 g/mol. The zero-order chi connectivity index (χ0) is 12.0. The molecule has 16 heavy (non-hydrogen) atoms. The van der Waals surface area contributed by atoms with Crippen molar-refractivity contribution in [2.75, 3.05) is 20.3 Å². The second kappa shape index (κ2) is 6.55. The maximum absolute atomic E-state index is 8.94. The number of aliphatic hydroxyl groups excluding tert-OH is 1. The van der Waals surface area contributed by atoms with Gasteiger partial charge in [0.2, 0.25) is 0 Å². The lowest BCUT2D eigenvalue weighted by Gasteiger charge is -2.45. The summed E-state index contributed by atoms with van der Waals surface area (Å²) in [5, 5.41) is 12.5. The number of hydrogen-bond donors (Lipinski definition) is 3. The first kappa shape index (κ1) is 13.9. The Morgan fingerprint density at radius 1 is 1.56 bits per heavy atom. The van der Waals surface area contributed by atoms with Gasteiger partial charge in [-0.1, -0.05) is 12.8 Å². The molecule has 0 bridgehead atoms. The first-order chi connectivity index (χ1) is 7.68. The Morgan fingerprint density at radius 3 is 2.88 bits per heavy atom. The van der Waals surface area contributed by atoms with Crippen molar-refractivity contribution in [1.29, 1.82) is 0 Å². The highest BCUT2D eigenvalue weighted by Gasteiger charge is 2.40. The van der Waals surface area contributed by atoms with Crippen molar-refractivity contribution in [2.24, 2.45) is 5.73 Å². The third kappa shape index (κ3) is 3.17. The zero-order valence-electron chi connectivity index (χ0n) is 10.5. The van der Waals surface area contributed by atoms with E-state index in [-0.39, 0.29) is 24.3 Å². The fourth-order valence-electron chi connectivity index (χ4n) is 2.76. The molecule has 1 fully saturated rings. The average molecular weight is 230 g/mol. The van der Waals surface area contributed by atoms with E-state index in [1.165, 1.54) is 12.8 Å². The number of nitrogens with one attached hydrogen (secondary N) is 1. The van der Waals surface area contributed by atoms with E-state index in [1.807, 2.05) is 0 Å². The largest absolute Gasteiger partial charge is 0.396 e. The van der Waals surface area contributed by atoms with Crippen LogP contribution >= 0.6 is 0 Å². The predicted octanol–water partition coefficient (Wildman–Crippen LogP) is 0.633. The van der Waals surface area contributed by atoms with Crippen LogP contribution in [0.3, 0.4) is 0 Å². The molecule has 0 aromatic heterocycles. The Kier molecular flexibility index (Phi) is 5.69. The van der Waals surface area contributed by atoms with E-state index in [0.29, 0.717) is 6.54 Å². The molecule has 0 amide bonds. The second-order valence-corrected chi connectivity index (χ2v) is 4.89. The van der Waals surface area contributed by atoms with Gasteiger partial charge in [-0.15, -0.1) is 0 Å². The lowest BCUT2D eigenvalue weighted by Crippen LogP contribution is -2.63. The summed E-state index contributed by atoms with van der Waals surface area (Å²) in [4.78, 5) is 0. The van der Waals surface area contributed by atoms with Crippen molar-refractivity contribution < 1.29 is 9.84 Å². The first-order valence-corrected chi connectivity index (χ1v) is 6.30.